The number of phenolic OH excluding ortho intramolecular Hbond substituents is 1. The SMILES string of the molecule is CCc1cc(C(=O)Nc2cccc(O)c2C)n(C)n1. The van der Waals surface area contributed by atoms with Crippen LogP contribution in [0.15, 0.2) is 24.3 Å². The molecule has 100 valence electrons. The van der Waals surface area contributed by atoms with Gasteiger partial charge in [0.05, 0.1) is 5.69 Å². The van der Waals surface area contributed by atoms with Gasteiger partial charge in [-0.25, -0.2) is 0 Å². The number of hydrogen-bond donors (Lipinski definition) is 2. The summed E-state index contributed by atoms with van der Waals surface area (Å²) >= 11 is 0. The van der Waals surface area contributed by atoms with Crippen molar-refractivity contribution in [3.05, 3.63) is 41.2 Å². The molecule has 0 bridgehead atoms. The predicted molar refractivity (Wildman–Crippen MR) is 73.4 cm³/mol. The molecule has 0 saturated carbocycles. The average Bonchev–Trinajstić information content (AvgIpc) is 2.76. The minimum absolute atomic E-state index is 0.164. The molecule has 5 heteroatoms. The van der Waals surface area contributed by atoms with Gasteiger partial charge in [-0.2, -0.15) is 5.10 Å². The van der Waals surface area contributed by atoms with Gasteiger partial charge in [0.2, 0.25) is 0 Å². The maximum absolute atomic E-state index is 12.2. The van der Waals surface area contributed by atoms with Crippen LogP contribution >= 0.6 is 0 Å². The minimum Gasteiger partial charge on any atom is -0.508 e. The van der Waals surface area contributed by atoms with E-state index in [9.17, 15) is 9.90 Å². The summed E-state index contributed by atoms with van der Waals surface area (Å²) < 4.78 is 1.56. The van der Waals surface area contributed by atoms with Gasteiger partial charge in [-0.05, 0) is 31.5 Å². The van der Waals surface area contributed by atoms with Crippen molar-refractivity contribution in [1.29, 1.82) is 0 Å². The van der Waals surface area contributed by atoms with Gasteiger partial charge in [0.1, 0.15) is 11.4 Å². The van der Waals surface area contributed by atoms with Crippen LogP contribution in [0.5, 0.6) is 5.75 Å². The number of rotatable bonds is 3. The van der Waals surface area contributed by atoms with E-state index in [2.05, 4.69) is 10.4 Å². The van der Waals surface area contributed by atoms with Crippen LogP contribution in [0, 0.1) is 6.92 Å². The Bertz CT molecular complexity index is 617. The lowest BCUT2D eigenvalue weighted by Gasteiger charge is -2.09. The molecule has 0 spiro atoms. The number of amides is 1. The highest BCUT2D eigenvalue weighted by Gasteiger charge is 2.14. The topological polar surface area (TPSA) is 67.2 Å². The first-order valence-corrected chi connectivity index (χ1v) is 6.15. The molecule has 0 fully saturated rings. The summed E-state index contributed by atoms with van der Waals surface area (Å²) in [6.07, 6.45) is 0.784. The van der Waals surface area contributed by atoms with Crippen molar-refractivity contribution in [1.82, 2.24) is 9.78 Å². The van der Waals surface area contributed by atoms with Crippen molar-refractivity contribution in [2.75, 3.05) is 5.32 Å². The summed E-state index contributed by atoms with van der Waals surface area (Å²) in [4.78, 5) is 12.2. The fourth-order valence-corrected chi connectivity index (χ4v) is 1.86. The number of aryl methyl sites for hydroxylation is 2. The van der Waals surface area contributed by atoms with Gasteiger partial charge in [0.25, 0.3) is 5.91 Å². The Morgan fingerprint density at radius 2 is 2.21 bits per heavy atom. The molecule has 0 aliphatic carbocycles. The quantitative estimate of drug-likeness (QED) is 0.888. The first-order valence-electron chi connectivity index (χ1n) is 6.15. The van der Waals surface area contributed by atoms with Gasteiger partial charge >= 0.3 is 0 Å². The highest BCUT2D eigenvalue weighted by atomic mass is 16.3. The molecule has 0 unspecified atom stereocenters. The summed E-state index contributed by atoms with van der Waals surface area (Å²) in [5.74, 6) is -0.0690. The van der Waals surface area contributed by atoms with Gasteiger partial charge in [-0.15, -0.1) is 0 Å². The standard InChI is InChI=1S/C14H17N3O2/c1-4-10-8-12(17(3)16-10)14(19)15-11-6-5-7-13(18)9(11)2/h5-8,18H,4H2,1-3H3,(H,15,19). The lowest BCUT2D eigenvalue weighted by Crippen LogP contribution is -2.16. The van der Waals surface area contributed by atoms with Gasteiger partial charge in [0.15, 0.2) is 0 Å². The highest BCUT2D eigenvalue weighted by molar-refractivity contribution is 6.03. The minimum atomic E-state index is -0.233. The van der Waals surface area contributed by atoms with Crippen molar-refractivity contribution in [3.63, 3.8) is 0 Å². The van der Waals surface area contributed by atoms with E-state index in [0.29, 0.717) is 16.9 Å². The van der Waals surface area contributed by atoms with Crippen LogP contribution in [-0.2, 0) is 13.5 Å². The molecule has 1 heterocycles. The molecule has 0 saturated heterocycles. The average molecular weight is 259 g/mol. The number of aromatic nitrogens is 2. The summed E-state index contributed by atoms with van der Waals surface area (Å²) in [6, 6.07) is 6.81. The Labute approximate surface area is 111 Å². The van der Waals surface area contributed by atoms with Crippen molar-refractivity contribution >= 4 is 11.6 Å². The Hall–Kier alpha value is -2.30. The zero-order valence-electron chi connectivity index (χ0n) is 11.3. The van der Waals surface area contributed by atoms with Gasteiger partial charge in [-0.3, -0.25) is 9.48 Å². The van der Waals surface area contributed by atoms with E-state index in [1.807, 2.05) is 6.92 Å². The Balaban J connectivity index is 2.25. The number of phenols is 1. The van der Waals surface area contributed by atoms with Crippen LogP contribution in [0.1, 0.15) is 28.7 Å². The second-order valence-electron chi connectivity index (χ2n) is 4.40. The second kappa shape index (κ2) is 5.14. The Kier molecular flexibility index (Phi) is 3.55. The number of nitrogens with one attached hydrogen (secondary N) is 1. The number of aromatic hydroxyl groups is 1. The lowest BCUT2D eigenvalue weighted by molar-refractivity contribution is 0.101. The largest absolute Gasteiger partial charge is 0.508 e. The molecule has 0 radical (unpaired) electrons. The maximum Gasteiger partial charge on any atom is 0.273 e. The third-order valence-corrected chi connectivity index (χ3v) is 3.08. The molecular weight excluding hydrogens is 242 g/mol. The van der Waals surface area contributed by atoms with Crippen molar-refractivity contribution in [2.45, 2.75) is 20.3 Å². The number of anilines is 1. The molecule has 1 aromatic heterocycles. The molecule has 1 aromatic carbocycles. The van der Waals surface area contributed by atoms with E-state index in [4.69, 9.17) is 0 Å². The summed E-state index contributed by atoms with van der Waals surface area (Å²) in [6.45, 7) is 3.75. The van der Waals surface area contributed by atoms with Crippen LogP contribution < -0.4 is 5.32 Å². The summed E-state index contributed by atoms with van der Waals surface area (Å²) in [7, 11) is 1.74. The Morgan fingerprint density at radius 3 is 2.84 bits per heavy atom. The molecule has 0 aliphatic heterocycles. The summed E-state index contributed by atoms with van der Waals surface area (Å²) in [5.41, 5.74) is 2.62. The van der Waals surface area contributed by atoms with Crippen molar-refractivity contribution in [3.8, 4) is 5.75 Å². The molecule has 5 nitrogen and oxygen atoms in total. The molecule has 0 aliphatic rings. The highest BCUT2D eigenvalue weighted by Crippen LogP contribution is 2.24. The van der Waals surface area contributed by atoms with Crippen LogP contribution in [0.4, 0.5) is 5.69 Å². The first kappa shape index (κ1) is 13.1. The molecule has 2 rings (SSSR count). The van der Waals surface area contributed by atoms with Crippen LogP contribution in [-0.4, -0.2) is 20.8 Å². The molecule has 1 amide bonds. The molecule has 19 heavy (non-hydrogen) atoms. The number of benzene rings is 1. The van der Waals surface area contributed by atoms with Crippen molar-refractivity contribution in [2.24, 2.45) is 7.05 Å². The number of hydrogen-bond acceptors (Lipinski definition) is 3. The van der Waals surface area contributed by atoms with E-state index in [-0.39, 0.29) is 11.7 Å². The normalized spacial score (nSPS) is 10.5. The van der Waals surface area contributed by atoms with E-state index in [1.54, 1.807) is 42.9 Å². The monoisotopic (exact) mass is 259 g/mol. The summed E-state index contributed by atoms with van der Waals surface area (Å²) in [5, 5.41) is 16.6. The third-order valence-electron chi connectivity index (χ3n) is 3.08. The lowest BCUT2D eigenvalue weighted by atomic mass is 10.1. The van der Waals surface area contributed by atoms with E-state index in [0.717, 1.165) is 12.1 Å². The predicted octanol–water partition coefficient (Wildman–Crippen LogP) is 2.25. The number of carbonyl (C=O) groups excluding carboxylic acids is 1. The molecule has 2 aromatic rings. The Morgan fingerprint density at radius 1 is 1.47 bits per heavy atom. The van der Waals surface area contributed by atoms with Crippen LogP contribution in [0.3, 0.4) is 0 Å². The smallest absolute Gasteiger partial charge is 0.273 e. The maximum atomic E-state index is 12.2. The molecule has 2 N–H and O–H groups in total. The van der Waals surface area contributed by atoms with Crippen LogP contribution in [0.25, 0.3) is 0 Å². The van der Waals surface area contributed by atoms with E-state index >= 15 is 0 Å². The first-order chi connectivity index (χ1) is 9.02. The van der Waals surface area contributed by atoms with Crippen LogP contribution in [0.2, 0.25) is 0 Å². The fourth-order valence-electron chi connectivity index (χ4n) is 1.86. The van der Waals surface area contributed by atoms with Gasteiger partial charge < -0.3 is 10.4 Å². The van der Waals surface area contributed by atoms with E-state index in [1.165, 1.54) is 0 Å². The third kappa shape index (κ3) is 2.59. The second-order valence-corrected chi connectivity index (χ2v) is 4.40. The zero-order chi connectivity index (χ0) is 14.0. The fraction of sp³-hybridized carbons (Fsp3) is 0.286. The van der Waals surface area contributed by atoms with E-state index < -0.39 is 0 Å². The molecule has 0 atom stereocenters. The molecular formula is C14H17N3O2. The zero-order valence-corrected chi connectivity index (χ0v) is 11.3. The van der Waals surface area contributed by atoms with Gasteiger partial charge in [-0.1, -0.05) is 13.0 Å². The van der Waals surface area contributed by atoms with Crippen molar-refractivity contribution < 1.29 is 9.90 Å². The number of nitrogens with zero attached hydrogens (tertiary/aromatic N) is 2. The number of carbonyl (C=O) groups is 1. The van der Waals surface area contributed by atoms with Gasteiger partial charge in [0, 0.05) is 18.3 Å².